The summed E-state index contributed by atoms with van der Waals surface area (Å²) in [6.07, 6.45) is 0.437. The molecule has 142 valence electrons. The van der Waals surface area contributed by atoms with E-state index in [-0.39, 0.29) is 36.0 Å². The number of nitrogens with one attached hydrogen (secondary N) is 1. The molecular formula is C17H22N2O6S. The summed E-state index contributed by atoms with van der Waals surface area (Å²) < 4.78 is 33.4. The third-order valence-electron chi connectivity index (χ3n) is 4.37. The number of benzene rings is 1. The molecule has 2 amide bonds. The van der Waals surface area contributed by atoms with Crippen molar-refractivity contribution in [2.24, 2.45) is 0 Å². The molecule has 2 aliphatic heterocycles. The Kier molecular flexibility index (Phi) is 5.77. The van der Waals surface area contributed by atoms with Gasteiger partial charge in [-0.3, -0.25) is 9.59 Å². The van der Waals surface area contributed by atoms with Crippen LogP contribution in [0.4, 0.5) is 0 Å². The summed E-state index contributed by atoms with van der Waals surface area (Å²) in [7, 11) is -3.03. The smallest absolute Gasteiger partial charge is 0.258 e. The number of carbonyl (C=O) groups excluding carboxylic acids is 2. The van der Waals surface area contributed by atoms with Crippen LogP contribution in [-0.2, 0) is 19.4 Å². The highest BCUT2D eigenvalue weighted by Gasteiger charge is 2.28. The fourth-order valence-corrected chi connectivity index (χ4v) is 4.64. The Bertz CT molecular complexity index is 756. The Labute approximate surface area is 152 Å². The predicted molar refractivity (Wildman–Crippen MR) is 93.9 cm³/mol. The van der Waals surface area contributed by atoms with Crippen LogP contribution in [0.1, 0.15) is 16.8 Å². The van der Waals surface area contributed by atoms with Crippen LogP contribution in [0.2, 0.25) is 0 Å². The summed E-state index contributed by atoms with van der Waals surface area (Å²) in [6, 6.07) is 6.26. The normalized spacial score (nSPS) is 22.0. The summed E-state index contributed by atoms with van der Waals surface area (Å²) in [5.74, 6) is 0.146. The van der Waals surface area contributed by atoms with E-state index in [1.165, 1.54) is 0 Å². The van der Waals surface area contributed by atoms with E-state index < -0.39 is 9.84 Å². The zero-order valence-electron chi connectivity index (χ0n) is 14.3. The molecule has 8 nitrogen and oxygen atoms in total. The summed E-state index contributed by atoms with van der Waals surface area (Å²) in [4.78, 5) is 25.9. The van der Waals surface area contributed by atoms with Gasteiger partial charge in [-0.1, -0.05) is 0 Å². The van der Waals surface area contributed by atoms with Crippen LogP contribution in [0.25, 0.3) is 0 Å². The Hall–Kier alpha value is -2.13. The molecule has 9 heteroatoms. The predicted octanol–water partition coefficient (Wildman–Crippen LogP) is -0.159. The first-order chi connectivity index (χ1) is 12.4. The van der Waals surface area contributed by atoms with Gasteiger partial charge < -0.3 is 19.7 Å². The molecule has 1 aromatic rings. The molecule has 0 aliphatic carbocycles. The van der Waals surface area contributed by atoms with Gasteiger partial charge in [0.2, 0.25) is 0 Å². The number of carbonyl (C=O) groups is 2. The highest BCUT2D eigenvalue weighted by molar-refractivity contribution is 7.91. The van der Waals surface area contributed by atoms with Crippen LogP contribution in [0.15, 0.2) is 24.3 Å². The van der Waals surface area contributed by atoms with Crippen LogP contribution in [0, 0.1) is 0 Å². The molecule has 0 radical (unpaired) electrons. The number of morpholine rings is 1. The minimum absolute atomic E-state index is 0.0168. The van der Waals surface area contributed by atoms with Crippen molar-refractivity contribution in [3.8, 4) is 5.75 Å². The number of ether oxygens (including phenoxy) is 2. The molecule has 1 aromatic carbocycles. The van der Waals surface area contributed by atoms with Crippen LogP contribution in [-0.4, -0.2) is 75.6 Å². The van der Waals surface area contributed by atoms with E-state index in [1.54, 1.807) is 29.2 Å². The minimum Gasteiger partial charge on any atom is -0.484 e. The molecule has 0 aromatic heterocycles. The van der Waals surface area contributed by atoms with Gasteiger partial charge in [0.25, 0.3) is 11.8 Å². The Morgan fingerprint density at radius 1 is 1.19 bits per heavy atom. The van der Waals surface area contributed by atoms with E-state index in [0.717, 1.165) is 0 Å². The van der Waals surface area contributed by atoms with Crippen molar-refractivity contribution in [3.05, 3.63) is 29.8 Å². The number of rotatable bonds is 5. The molecule has 1 N–H and O–H groups in total. The topological polar surface area (TPSA) is 102 Å². The van der Waals surface area contributed by atoms with Crippen molar-refractivity contribution in [3.63, 3.8) is 0 Å². The highest BCUT2D eigenvalue weighted by Crippen LogP contribution is 2.15. The molecule has 0 bridgehead atoms. The van der Waals surface area contributed by atoms with Crippen LogP contribution in [0.3, 0.4) is 0 Å². The summed E-state index contributed by atoms with van der Waals surface area (Å²) >= 11 is 0. The average Bonchev–Trinajstić information content (AvgIpc) is 2.99. The second-order valence-electron chi connectivity index (χ2n) is 6.39. The van der Waals surface area contributed by atoms with Crippen LogP contribution >= 0.6 is 0 Å². The average molecular weight is 382 g/mol. The molecule has 2 fully saturated rings. The van der Waals surface area contributed by atoms with E-state index in [0.29, 0.717) is 44.0 Å². The summed E-state index contributed by atoms with van der Waals surface area (Å²) in [5.41, 5.74) is 0.555. The first-order valence-electron chi connectivity index (χ1n) is 8.53. The largest absolute Gasteiger partial charge is 0.484 e. The van der Waals surface area contributed by atoms with Crippen molar-refractivity contribution in [1.29, 1.82) is 0 Å². The van der Waals surface area contributed by atoms with Gasteiger partial charge in [0.15, 0.2) is 16.4 Å². The fraction of sp³-hybridized carbons (Fsp3) is 0.529. The van der Waals surface area contributed by atoms with Crippen molar-refractivity contribution in [1.82, 2.24) is 10.2 Å². The Morgan fingerprint density at radius 3 is 2.50 bits per heavy atom. The van der Waals surface area contributed by atoms with Crippen molar-refractivity contribution >= 4 is 21.7 Å². The SMILES string of the molecule is O=C(COc1ccc(C(=O)N2CCOCC2)cc1)NC1CCS(=O)(=O)C1. The third-order valence-corrected chi connectivity index (χ3v) is 6.13. The Balaban J connectivity index is 1.46. The number of hydrogen-bond acceptors (Lipinski definition) is 6. The molecule has 2 saturated heterocycles. The molecule has 3 rings (SSSR count). The third kappa shape index (κ3) is 4.95. The van der Waals surface area contributed by atoms with Gasteiger partial charge >= 0.3 is 0 Å². The van der Waals surface area contributed by atoms with Gasteiger partial charge in [-0.25, -0.2) is 8.42 Å². The van der Waals surface area contributed by atoms with Crippen molar-refractivity contribution in [2.75, 3.05) is 44.4 Å². The van der Waals surface area contributed by atoms with E-state index in [2.05, 4.69) is 5.32 Å². The van der Waals surface area contributed by atoms with E-state index in [1.807, 2.05) is 0 Å². The van der Waals surface area contributed by atoms with Gasteiger partial charge in [-0.15, -0.1) is 0 Å². The minimum atomic E-state index is -3.03. The monoisotopic (exact) mass is 382 g/mol. The van der Waals surface area contributed by atoms with Crippen molar-refractivity contribution in [2.45, 2.75) is 12.5 Å². The first kappa shape index (κ1) is 18.7. The first-order valence-corrected chi connectivity index (χ1v) is 10.3. The molecule has 1 unspecified atom stereocenters. The quantitative estimate of drug-likeness (QED) is 0.759. The molecule has 26 heavy (non-hydrogen) atoms. The lowest BCUT2D eigenvalue weighted by Gasteiger charge is -2.26. The molecule has 0 spiro atoms. The second kappa shape index (κ2) is 8.05. The van der Waals surface area contributed by atoms with E-state index >= 15 is 0 Å². The highest BCUT2D eigenvalue weighted by atomic mass is 32.2. The van der Waals surface area contributed by atoms with Gasteiger partial charge in [0.05, 0.1) is 24.7 Å². The standard InChI is InChI=1S/C17H22N2O6S/c20-16(18-14-5-10-26(22,23)12-14)11-25-15-3-1-13(2-4-15)17(21)19-6-8-24-9-7-19/h1-4,14H,5-12H2,(H,18,20). The van der Waals surface area contributed by atoms with Crippen LogP contribution in [0.5, 0.6) is 5.75 Å². The molecule has 2 heterocycles. The maximum atomic E-state index is 12.3. The summed E-state index contributed by atoms with van der Waals surface area (Å²) in [6.45, 7) is 2.05. The lowest BCUT2D eigenvalue weighted by molar-refractivity contribution is -0.123. The number of nitrogens with zero attached hydrogens (tertiary/aromatic N) is 1. The fourth-order valence-electron chi connectivity index (χ4n) is 2.97. The van der Waals surface area contributed by atoms with Gasteiger partial charge in [0.1, 0.15) is 5.75 Å². The lowest BCUT2D eigenvalue weighted by atomic mass is 10.2. The van der Waals surface area contributed by atoms with E-state index in [4.69, 9.17) is 9.47 Å². The number of amides is 2. The molecule has 2 aliphatic rings. The summed E-state index contributed by atoms with van der Waals surface area (Å²) in [5, 5.41) is 2.66. The number of sulfone groups is 1. The Morgan fingerprint density at radius 2 is 1.88 bits per heavy atom. The van der Waals surface area contributed by atoms with Crippen molar-refractivity contribution < 1.29 is 27.5 Å². The number of hydrogen-bond donors (Lipinski definition) is 1. The van der Waals surface area contributed by atoms with Gasteiger partial charge in [-0.2, -0.15) is 0 Å². The molecule has 1 atom stereocenters. The maximum absolute atomic E-state index is 12.3. The van der Waals surface area contributed by atoms with Gasteiger partial charge in [0, 0.05) is 24.7 Å². The molecule has 0 saturated carbocycles. The zero-order valence-corrected chi connectivity index (χ0v) is 15.2. The zero-order chi connectivity index (χ0) is 18.6. The van der Waals surface area contributed by atoms with E-state index in [9.17, 15) is 18.0 Å². The molecular weight excluding hydrogens is 360 g/mol. The maximum Gasteiger partial charge on any atom is 0.258 e. The lowest BCUT2D eigenvalue weighted by Crippen LogP contribution is -2.40. The van der Waals surface area contributed by atoms with Crippen LogP contribution < -0.4 is 10.1 Å². The second-order valence-corrected chi connectivity index (χ2v) is 8.61. The van der Waals surface area contributed by atoms with Gasteiger partial charge in [-0.05, 0) is 30.7 Å².